The van der Waals surface area contributed by atoms with Crippen LogP contribution in [0.25, 0.3) is 11.1 Å². The monoisotopic (exact) mass is 566 g/mol. The van der Waals surface area contributed by atoms with Gasteiger partial charge in [-0.05, 0) is 83.8 Å². The van der Waals surface area contributed by atoms with Crippen LogP contribution in [0, 0.1) is 6.92 Å². The fourth-order valence-electron chi connectivity index (χ4n) is 5.09. The van der Waals surface area contributed by atoms with Crippen molar-refractivity contribution in [2.75, 3.05) is 28.6 Å². The Morgan fingerprint density at radius 3 is 2.45 bits per heavy atom. The average molecular weight is 567 g/mol. The van der Waals surface area contributed by atoms with Gasteiger partial charge in [0.1, 0.15) is 5.82 Å². The Morgan fingerprint density at radius 2 is 1.79 bits per heavy atom. The Hall–Kier alpha value is -4.50. The Bertz CT molecular complexity index is 1600. The summed E-state index contributed by atoms with van der Waals surface area (Å²) in [6.07, 6.45) is 2.89. The lowest BCUT2D eigenvalue weighted by Gasteiger charge is -2.30. The fraction of sp³-hybridized carbons (Fsp3) is 0.333. The summed E-state index contributed by atoms with van der Waals surface area (Å²) in [5.41, 5.74) is 5.49. The molecule has 0 radical (unpaired) electrons. The summed E-state index contributed by atoms with van der Waals surface area (Å²) in [4.78, 5) is 30.6. The normalized spacial score (nSPS) is 14.1. The Balaban J connectivity index is 1.27. The lowest BCUT2D eigenvalue weighted by atomic mass is 9.86. The van der Waals surface area contributed by atoms with Crippen LogP contribution in [-0.4, -0.2) is 45.4 Å². The van der Waals surface area contributed by atoms with Gasteiger partial charge in [0.05, 0.1) is 6.10 Å². The maximum absolute atomic E-state index is 13.0. The van der Waals surface area contributed by atoms with Gasteiger partial charge in [-0.2, -0.15) is 0 Å². The summed E-state index contributed by atoms with van der Waals surface area (Å²) in [7, 11) is 0. The zero-order valence-corrected chi connectivity index (χ0v) is 24.6. The second kappa shape index (κ2) is 12.2. The van der Waals surface area contributed by atoms with Crippen molar-refractivity contribution in [1.82, 2.24) is 15.2 Å². The Kier molecular flexibility index (Phi) is 8.40. The summed E-state index contributed by atoms with van der Waals surface area (Å²) >= 11 is 0. The van der Waals surface area contributed by atoms with E-state index >= 15 is 0 Å². The zero-order chi connectivity index (χ0) is 29.9. The Morgan fingerprint density at radius 1 is 1.05 bits per heavy atom. The molecule has 1 amide bonds. The summed E-state index contributed by atoms with van der Waals surface area (Å²) in [5, 5.41) is 24.6. The van der Waals surface area contributed by atoms with Gasteiger partial charge in [-0.25, -0.2) is 0 Å². The minimum absolute atomic E-state index is 0.0157. The molecule has 9 nitrogen and oxygen atoms in total. The molecule has 0 saturated carbocycles. The van der Waals surface area contributed by atoms with Gasteiger partial charge in [0, 0.05) is 42.6 Å². The van der Waals surface area contributed by atoms with Crippen LogP contribution in [0.1, 0.15) is 60.7 Å². The summed E-state index contributed by atoms with van der Waals surface area (Å²) in [6.45, 7) is 10.2. The van der Waals surface area contributed by atoms with Crippen LogP contribution in [-0.2, 0) is 12.0 Å². The van der Waals surface area contributed by atoms with Gasteiger partial charge in [0.25, 0.3) is 11.5 Å². The van der Waals surface area contributed by atoms with E-state index in [2.05, 4.69) is 51.5 Å². The molecule has 3 heterocycles. The molecular weight excluding hydrogens is 528 g/mol. The number of nitrogens with zero attached hydrogens (tertiary/aromatic N) is 3. The molecule has 4 aromatic rings. The molecule has 0 spiro atoms. The van der Waals surface area contributed by atoms with Crippen LogP contribution in [0.4, 0.5) is 17.3 Å². The number of pyridine rings is 1. The number of hydrogen-bond donors (Lipinski definition) is 4. The SMILES string of the molecule is Cc1c(NC(=O)c2ccc(C(C)(C)C)cc2)cccc1-c1c[nH]c(=O)c(CNc2ccc(N3CCC(O)CC3)nn2)c1. The molecule has 2 aromatic heterocycles. The third-order valence-corrected chi connectivity index (χ3v) is 7.79. The van der Waals surface area contributed by atoms with Gasteiger partial charge >= 0.3 is 0 Å². The first kappa shape index (κ1) is 29.0. The molecule has 9 heteroatoms. The van der Waals surface area contributed by atoms with E-state index in [0.29, 0.717) is 22.6 Å². The van der Waals surface area contributed by atoms with E-state index in [0.717, 1.165) is 48.4 Å². The van der Waals surface area contributed by atoms with E-state index in [1.807, 2.05) is 67.6 Å². The molecule has 42 heavy (non-hydrogen) atoms. The number of benzene rings is 2. The Labute approximate surface area is 246 Å². The first-order valence-electron chi connectivity index (χ1n) is 14.3. The zero-order valence-electron chi connectivity index (χ0n) is 24.6. The van der Waals surface area contributed by atoms with E-state index in [4.69, 9.17) is 0 Å². The van der Waals surface area contributed by atoms with Gasteiger partial charge < -0.3 is 25.6 Å². The number of rotatable bonds is 7. The molecule has 5 rings (SSSR count). The lowest BCUT2D eigenvalue weighted by Crippen LogP contribution is -2.36. The molecule has 1 aliphatic rings. The smallest absolute Gasteiger partial charge is 0.255 e. The molecule has 218 valence electrons. The van der Waals surface area contributed by atoms with Crippen LogP contribution in [0.5, 0.6) is 0 Å². The highest BCUT2D eigenvalue weighted by Gasteiger charge is 2.19. The maximum atomic E-state index is 13.0. The number of hydrogen-bond acceptors (Lipinski definition) is 7. The van der Waals surface area contributed by atoms with Crippen LogP contribution >= 0.6 is 0 Å². The minimum Gasteiger partial charge on any atom is -0.393 e. The van der Waals surface area contributed by atoms with Gasteiger partial charge in [0.2, 0.25) is 0 Å². The number of aromatic amines is 1. The number of anilines is 3. The minimum atomic E-state index is -0.245. The fourth-order valence-corrected chi connectivity index (χ4v) is 5.09. The molecular formula is C33H38N6O3. The van der Waals surface area contributed by atoms with E-state index in [1.54, 1.807) is 6.20 Å². The number of aliphatic hydroxyl groups is 1. The molecule has 0 aliphatic carbocycles. The lowest BCUT2D eigenvalue weighted by molar-refractivity contribution is 0.102. The summed E-state index contributed by atoms with van der Waals surface area (Å²) in [6, 6.07) is 19.0. The van der Waals surface area contributed by atoms with Crippen molar-refractivity contribution in [3.8, 4) is 11.1 Å². The topological polar surface area (TPSA) is 123 Å². The number of aliphatic hydroxyl groups excluding tert-OH is 1. The highest BCUT2D eigenvalue weighted by atomic mass is 16.3. The van der Waals surface area contributed by atoms with E-state index in [-0.39, 0.29) is 29.5 Å². The maximum Gasteiger partial charge on any atom is 0.255 e. The van der Waals surface area contributed by atoms with Crippen molar-refractivity contribution in [2.24, 2.45) is 0 Å². The van der Waals surface area contributed by atoms with Crippen LogP contribution in [0.3, 0.4) is 0 Å². The molecule has 4 N–H and O–H groups in total. The number of carbonyl (C=O) groups excluding carboxylic acids is 1. The van der Waals surface area contributed by atoms with Gasteiger partial charge in [-0.15, -0.1) is 10.2 Å². The number of nitrogens with one attached hydrogen (secondary N) is 3. The van der Waals surface area contributed by atoms with Gasteiger partial charge in [-0.1, -0.05) is 45.0 Å². The standard InChI is InChI=1S/C33H38N6O3/c1-21-27(6-5-7-28(21)36-32(42)22-8-10-25(11-9-22)33(2,3)4)23-18-24(31(41)35-19-23)20-34-29-12-13-30(38-37-29)39-16-14-26(40)15-17-39/h5-13,18-19,26,40H,14-17,20H2,1-4H3,(H,34,37)(H,35,41)(H,36,42). The van der Waals surface area contributed by atoms with Crippen LogP contribution in [0.2, 0.25) is 0 Å². The van der Waals surface area contributed by atoms with E-state index < -0.39 is 0 Å². The van der Waals surface area contributed by atoms with Crippen molar-refractivity contribution in [3.05, 3.63) is 99.5 Å². The molecule has 0 unspecified atom stereocenters. The van der Waals surface area contributed by atoms with Crippen molar-refractivity contribution in [1.29, 1.82) is 0 Å². The van der Waals surface area contributed by atoms with Crippen molar-refractivity contribution in [2.45, 2.75) is 58.6 Å². The van der Waals surface area contributed by atoms with E-state index in [1.165, 1.54) is 5.56 Å². The predicted molar refractivity (Wildman–Crippen MR) is 167 cm³/mol. The molecule has 1 saturated heterocycles. The summed E-state index contributed by atoms with van der Waals surface area (Å²) in [5.74, 6) is 1.17. The van der Waals surface area contributed by atoms with E-state index in [9.17, 15) is 14.7 Å². The van der Waals surface area contributed by atoms with Crippen LogP contribution in [0.15, 0.2) is 71.7 Å². The predicted octanol–water partition coefficient (Wildman–Crippen LogP) is 5.26. The van der Waals surface area contributed by atoms with Gasteiger partial charge in [-0.3, -0.25) is 9.59 Å². The summed E-state index contributed by atoms with van der Waals surface area (Å²) < 4.78 is 0. The highest BCUT2D eigenvalue weighted by molar-refractivity contribution is 6.05. The molecule has 1 aliphatic heterocycles. The third-order valence-electron chi connectivity index (χ3n) is 7.79. The largest absolute Gasteiger partial charge is 0.393 e. The van der Waals surface area contributed by atoms with Crippen molar-refractivity contribution >= 4 is 23.2 Å². The van der Waals surface area contributed by atoms with Gasteiger partial charge in [0.15, 0.2) is 5.82 Å². The number of H-pyrrole nitrogens is 1. The second-order valence-corrected chi connectivity index (χ2v) is 11.9. The van der Waals surface area contributed by atoms with Crippen molar-refractivity contribution < 1.29 is 9.90 Å². The number of amides is 1. The van der Waals surface area contributed by atoms with Crippen LogP contribution < -0.4 is 21.1 Å². The third kappa shape index (κ3) is 6.69. The molecule has 0 atom stereocenters. The quantitative estimate of drug-likeness (QED) is 0.241. The second-order valence-electron chi connectivity index (χ2n) is 11.9. The molecule has 0 bridgehead atoms. The number of aromatic nitrogens is 3. The molecule has 1 fully saturated rings. The number of piperidine rings is 1. The first-order valence-corrected chi connectivity index (χ1v) is 14.3. The first-order chi connectivity index (χ1) is 20.1. The molecule has 2 aromatic carbocycles. The average Bonchev–Trinajstić information content (AvgIpc) is 2.98. The van der Waals surface area contributed by atoms with Crippen molar-refractivity contribution in [3.63, 3.8) is 0 Å². The highest BCUT2D eigenvalue weighted by Crippen LogP contribution is 2.29. The number of carbonyl (C=O) groups is 1.